The zero-order chi connectivity index (χ0) is 15.9. The predicted molar refractivity (Wildman–Crippen MR) is 86.0 cm³/mol. The molecule has 122 valence electrons. The molecule has 0 heterocycles. The number of carboxylic acids is 1. The number of aliphatic hydroxyl groups excluding tert-OH is 1. The van der Waals surface area contributed by atoms with Crippen molar-refractivity contribution >= 4 is 17.7 Å². The van der Waals surface area contributed by atoms with Crippen molar-refractivity contribution in [2.75, 3.05) is 11.5 Å². The largest absolute Gasteiger partial charge is 1.00 e. The van der Waals surface area contributed by atoms with Gasteiger partial charge in [-0.05, 0) is 42.1 Å². The Morgan fingerprint density at radius 2 is 2.04 bits per heavy atom. The summed E-state index contributed by atoms with van der Waals surface area (Å²) < 4.78 is 0. The molecule has 1 aliphatic rings. The van der Waals surface area contributed by atoms with Gasteiger partial charge in [0.15, 0.2) is 0 Å². The number of phenolic OH excluding ortho intramolecular Hbond substituents is 1. The van der Waals surface area contributed by atoms with Gasteiger partial charge in [0.25, 0.3) is 0 Å². The minimum atomic E-state index is -1.07. The van der Waals surface area contributed by atoms with Gasteiger partial charge in [-0.3, -0.25) is 0 Å². The third kappa shape index (κ3) is 6.67. The number of aromatic hydroxyl groups is 1. The molecule has 23 heavy (non-hydrogen) atoms. The van der Waals surface area contributed by atoms with Crippen molar-refractivity contribution in [3.63, 3.8) is 0 Å². The Bertz CT molecular complexity index is 503. The molecule has 1 unspecified atom stereocenters. The Hall–Kier alpha value is -0.200. The fourth-order valence-corrected chi connectivity index (χ4v) is 3.90. The van der Waals surface area contributed by atoms with Crippen LogP contribution >= 0.6 is 11.8 Å². The number of phenols is 1. The summed E-state index contributed by atoms with van der Waals surface area (Å²) in [6, 6.07) is 5.78. The van der Waals surface area contributed by atoms with Crippen molar-refractivity contribution in [2.24, 2.45) is 0 Å². The maximum Gasteiger partial charge on any atom is 1.00 e. The molecule has 0 amide bonds. The average molecular weight is 346 g/mol. The third-order valence-corrected chi connectivity index (χ3v) is 5.28. The first-order valence-electron chi connectivity index (χ1n) is 7.84. The van der Waals surface area contributed by atoms with Gasteiger partial charge in [0.05, 0.1) is 6.10 Å². The smallest absolute Gasteiger partial charge is 0.550 e. The quantitative estimate of drug-likeness (QED) is 0.458. The molecule has 4 nitrogen and oxygen atoms in total. The number of para-hydroxylation sites is 1. The van der Waals surface area contributed by atoms with E-state index in [9.17, 15) is 20.1 Å². The van der Waals surface area contributed by atoms with Crippen LogP contribution in [0, 0.1) is 0 Å². The van der Waals surface area contributed by atoms with Gasteiger partial charge >= 0.3 is 29.6 Å². The molecule has 2 rings (SSSR count). The number of thioether (sulfide) groups is 1. The number of aliphatic hydroxyl groups is 1. The summed E-state index contributed by atoms with van der Waals surface area (Å²) in [5, 5.41) is 30.8. The minimum absolute atomic E-state index is 0. The summed E-state index contributed by atoms with van der Waals surface area (Å²) >= 11 is 1.39. The van der Waals surface area contributed by atoms with E-state index in [0.29, 0.717) is 29.6 Å². The first kappa shape index (κ1) is 20.8. The van der Waals surface area contributed by atoms with E-state index >= 15 is 0 Å². The average Bonchev–Trinajstić information content (AvgIpc) is 3.00. The number of benzene rings is 1. The van der Waals surface area contributed by atoms with E-state index in [2.05, 4.69) is 0 Å². The van der Waals surface area contributed by atoms with Crippen LogP contribution in [0.4, 0.5) is 0 Å². The molecule has 2 N–H and O–H groups in total. The second-order valence-corrected chi connectivity index (χ2v) is 7.04. The fraction of sp³-hybridized carbons (Fsp3) is 0.588. The number of carbonyl (C=O) groups is 1. The van der Waals surface area contributed by atoms with Crippen LogP contribution in [0.5, 0.6) is 5.75 Å². The molecule has 1 aliphatic carbocycles. The summed E-state index contributed by atoms with van der Waals surface area (Å²) in [6.45, 7) is 0. The van der Waals surface area contributed by atoms with Crippen LogP contribution in [0.2, 0.25) is 0 Å². The van der Waals surface area contributed by atoms with E-state index in [-0.39, 0.29) is 36.0 Å². The van der Waals surface area contributed by atoms with Crippen molar-refractivity contribution in [3.8, 4) is 5.75 Å². The molecule has 1 aromatic carbocycles. The molecule has 0 saturated heterocycles. The van der Waals surface area contributed by atoms with E-state index in [1.54, 1.807) is 0 Å². The molecule has 6 heteroatoms. The maximum absolute atomic E-state index is 10.4. The van der Waals surface area contributed by atoms with Gasteiger partial charge < -0.3 is 20.1 Å². The molecule has 0 aliphatic heterocycles. The van der Waals surface area contributed by atoms with Gasteiger partial charge in [-0.15, -0.1) is 0 Å². The number of aliphatic carboxylic acids is 1. The van der Waals surface area contributed by atoms with Gasteiger partial charge in [0.2, 0.25) is 0 Å². The molecule has 1 atom stereocenters. The second-order valence-electron chi connectivity index (χ2n) is 5.89. The van der Waals surface area contributed by atoms with Crippen LogP contribution in [0.1, 0.15) is 49.1 Å². The van der Waals surface area contributed by atoms with Crippen LogP contribution in [-0.4, -0.2) is 33.8 Å². The molecular formula is C17H23NaO4S. The number of rotatable bonds is 8. The number of hydrogen-bond acceptors (Lipinski definition) is 5. The van der Waals surface area contributed by atoms with Gasteiger partial charge in [-0.25, -0.2) is 0 Å². The topological polar surface area (TPSA) is 80.6 Å². The SMILES string of the molecule is O=C([O-])CCSCC(O)Cc1cccc(C2CCCC2)c1O.[Na+]. The molecule has 0 bridgehead atoms. The number of carbonyl (C=O) groups excluding carboxylic acids is 1. The summed E-state index contributed by atoms with van der Waals surface area (Å²) in [5.74, 6) is 0.597. The predicted octanol–water partition coefficient (Wildman–Crippen LogP) is -1.17. The monoisotopic (exact) mass is 346 g/mol. The molecular weight excluding hydrogens is 323 g/mol. The Kier molecular flexibility index (Phi) is 9.63. The Morgan fingerprint density at radius 3 is 2.70 bits per heavy atom. The Labute approximate surface area is 164 Å². The zero-order valence-electron chi connectivity index (χ0n) is 13.7. The van der Waals surface area contributed by atoms with E-state index in [4.69, 9.17) is 0 Å². The molecule has 1 fully saturated rings. The van der Waals surface area contributed by atoms with Crippen molar-refractivity contribution in [1.29, 1.82) is 0 Å². The van der Waals surface area contributed by atoms with Crippen molar-refractivity contribution < 1.29 is 49.7 Å². The summed E-state index contributed by atoms with van der Waals surface area (Å²) in [6.07, 6.45) is 4.48. The van der Waals surface area contributed by atoms with Gasteiger partial charge in [0.1, 0.15) is 5.75 Å². The van der Waals surface area contributed by atoms with Crippen LogP contribution in [-0.2, 0) is 11.2 Å². The molecule has 1 aromatic rings. The van der Waals surface area contributed by atoms with E-state index in [1.807, 2.05) is 18.2 Å². The molecule has 0 spiro atoms. The summed E-state index contributed by atoms with van der Waals surface area (Å²) in [7, 11) is 0. The summed E-state index contributed by atoms with van der Waals surface area (Å²) in [5.41, 5.74) is 1.78. The first-order chi connectivity index (χ1) is 10.6. The van der Waals surface area contributed by atoms with Crippen molar-refractivity contribution in [2.45, 2.75) is 50.5 Å². The van der Waals surface area contributed by atoms with Crippen LogP contribution in [0.25, 0.3) is 0 Å². The van der Waals surface area contributed by atoms with E-state index < -0.39 is 12.1 Å². The van der Waals surface area contributed by atoms with Crippen LogP contribution < -0.4 is 34.7 Å². The van der Waals surface area contributed by atoms with Crippen molar-refractivity contribution in [3.05, 3.63) is 29.3 Å². The number of carboxylic acid groups (broad SMARTS) is 1. The first-order valence-corrected chi connectivity index (χ1v) is 8.99. The van der Waals surface area contributed by atoms with Gasteiger partial charge in [0, 0.05) is 18.1 Å². The molecule has 0 radical (unpaired) electrons. The fourth-order valence-electron chi connectivity index (χ4n) is 3.03. The van der Waals surface area contributed by atoms with E-state index in [1.165, 1.54) is 24.6 Å². The standard InChI is InChI=1S/C17H24O4S.Na/c18-14(11-22-9-8-16(19)20)10-13-6-3-7-15(17(13)21)12-4-1-2-5-12;/h3,6-7,12,14,18,21H,1-2,4-5,8-11H2,(H,19,20);/q;+1/p-1. The maximum atomic E-state index is 10.4. The van der Waals surface area contributed by atoms with Gasteiger partial charge in [-0.1, -0.05) is 31.0 Å². The van der Waals surface area contributed by atoms with Crippen molar-refractivity contribution in [1.82, 2.24) is 0 Å². The van der Waals surface area contributed by atoms with E-state index in [0.717, 1.165) is 24.0 Å². The third-order valence-electron chi connectivity index (χ3n) is 4.16. The Balaban J connectivity index is 0.00000264. The normalized spacial score (nSPS) is 16.0. The molecule has 1 saturated carbocycles. The van der Waals surface area contributed by atoms with Gasteiger partial charge in [-0.2, -0.15) is 11.8 Å². The van der Waals surface area contributed by atoms with Crippen LogP contribution in [0.15, 0.2) is 18.2 Å². The zero-order valence-corrected chi connectivity index (χ0v) is 16.5. The van der Waals surface area contributed by atoms with Crippen LogP contribution in [0.3, 0.4) is 0 Å². The number of hydrogen-bond donors (Lipinski definition) is 2. The minimum Gasteiger partial charge on any atom is -0.550 e. The second kappa shape index (κ2) is 10.6. The summed E-state index contributed by atoms with van der Waals surface area (Å²) in [4.78, 5) is 10.3. The molecule has 0 aromatic heterocycles. The Morgan fingerprint density at radius 1 is 1.35 bits per heavy atom.